The predicted molar refractivity (Wildman–Crippen MR) is 188 cm³/mol. The highest BCUT2D eigenvalue weighted by Gasteiger charge is 2.22. The molecule has 0 aliphatic carbocycles. The molecule has 0 aliphatic heterocycles. The summed E-state index contributed by atoms with van der Waals surface area (Å²) in [6, 6.07) is 14.7. The summed E-state index contributed by atoms with van der Waals surface area (Å²) in [5.74, 6) is -0.696. The zero-order valence-electron chi connectivity index (χ0n) is 30.6. The van der Waals surface area contributed by atoms with E-state index in [-0.39, 0.29) is 11.8 Å². The molecule has 3 amide bonds. The lowest BCUT2D eigenvalue weighted by Gasteiger charge is -2.22. The van der Waals surface area contributed by atoms with Crippen LogP contribution in [0.3, 0.4) is 0 Å². The first-order valence-electron chi connectivity index (χ1n) is 15.8. The van der Waals surface area contributed by atoms with E-state index in [0.29, 0.717) is 17.8 Å². The molecule has 49 heavy (non-hydrogen) atoms. The van der Waals surface area contributed by atoms with Crippen LogP contribution < -0.4 is 21.3 Å². The zero-order chi connectivity index (χ0) is 37.2. The van der Waals surface area contributed by atoms with Crippen LogP contribution in [-0.4, -0.2) is 52.6 Å². The van der Waals surface area contributed by atoms with Gasteiger partial charge in [-0.3, -0.25) is 16.0 Å². The van der Waals surface area contributed by atoms with E-state index in [0.717, 1.165) is 17.2 Å². The maximum Gasteiger partial charge on any atom is 0.414 e. The summed E-state index contributed by atoms with van der Waals surface area (Å²) >= 11 is 0. The van der Waals surface area contributed by atoms with Crippen LogP contribution in [0, 0.1) is 0 Å². The minimum absolute atomic E-state index is 0.0917. The molecule has 13 nitrogen and oxygen atoms in total. The lowest BCUT2D eigenvalue weighted by Crippen LogP contribution is -2.47. The Kier molecular flexibility index (Phi) is 13.4. The molecule has 0 saturated carbocycles. The average molecular weight is 682 g/mol. The summed E-state index contributed by atoms with van der Waals surface area (Å²) in [6.45, 7) is 20.8. The monoisotopic (exact) mass is 681 g/mol. The third kappa shape index (κ3) is 18.2. The van der Waals surface area contributed by atoms with Crippen LogP contribution in [0.4, 0.5) is 25.8 Å². The van der Waals surface area contributed by atoms with Crippen LogP contribution >= 0.6 is 0 Å². The van der Waals surface area contributed by atoms with E-state index in [1.165, 1.54) is 0 Å². The number of carbonyl (C=O) groups excluding carboxylic acids is 4. The first kappa shape index (κ1) is 40.1. The van der Waals surface area contributed by atoms with Crippen molar-refractivity contribution >= 4 is 41.6 Å². The Morgan fingerprint density at radius 1 is 0.571 bits per heavy atom. The Morgan fingerprint density at radius 3 is 1.37 bits per heavy atom. The van der Waals surface area contributed by atoms with E-state index in [9.17, 15) is 19.2 Å². The zero-order valence-corrected chi connectivity index (χ0v) is 30.6. The first-order valence-corrected chi connectivity index (χ1v) is 15.8. The molecule has 0 aromatic heterocycles. The molecule has 2 rings (SSSR count). The third-order valence-electron chi connectivity index (χ3n) is 5.36. The SMILES string of the molecule is CC(C)(C)OC(=O)C=C(NC(=O)OC(C)(C)C)Nc1ccc(Cc2ccc(N=C(NC(=O)OC(C)(C)C)NC(=O)OC(C)(C)C)cc2)cc1. The largest absolute Gasteiger partial charge is 0.457 e. The number of esters is 1. The Labute approximate surface area is 289 Å². The molecule has 0 saturated heterocycles. The van der Waals surface area contributed by atoms with E-state index in [2.05, 4.69) is 26.3 Å². The number of guanidine groups is 1. The van der Waals surface area contributed by atoms with E-state index >= 15 is 0 Å². The summed E-state index contributed by atoms with van der Waals surface area (Å²) in [4.78, 5) is 54.1. The third-order valence-corrected chi connectivity index (χ3v) is 5.36. The highest BCUT2D eigenvalue weighted by atomic mass is 16.6. The number of hydrogen-bond donors (Lipinski definition) is 4. The van der Waals surface area contributed by atoms with Crippen molar-refractivity contribution in [3.63, 3.8) is 0 Å². The summed E-state index contributed by atoms with van der Waals surface area (Å²) in [5, 5.41) is 10.5. The Balaban J connectivity index is 2.19. The van der Waals surface area contributed by atoms with Crippen LogP contribution in [0.2, 0.25) is 0 Å². The van der Waals surface area contributed by atoms with Gasteiger partial charge in [0, 0.05) is 5.69 Å². The van der Waals surface area contributed by atoms with Crippen molar-refractivity contribution in [1.29, 1.82) is 0 Å². The van der Waals surface area contributed by atoms with Crippen molar-refractivity contribution in [3.05, 3.63) is 71.6 Å². The Bertz CT molecular complexity index is 1490. The fourth-order valence-corrected chi connectivity index (χ4v) is 3.77. The van der Waals surface area contributed by atoms with Gasteiger partial charge in [-0.25, -0.2) is 24.2 Å². The normalized spacial score (nSPS) is 12.2. The molecule has 0 fully saturated rings. The van der Waals surface area contributed by atoms with Crippen molar-refractivity contribution < 1.29 is 38.1 Å². The van der Waals surface area contributed by atoms with Crippen LogP contribution in [0.25, 0.3) is 0 Å². The topological polar surface area (TPSA) is 166 Å². The molecular formula is C36H51N5O8. The number of nitrogens with one attached hydrogen (secondary N) is 4. The molecular weight excluding hydrogens is 630 g/mol. The fourth-order valence-electron chi connectivity index (χ4n) is 3.77. The second-order valence-corrected chi connectivity index (χ2v) is 15.1. The summed E-state index contributed by atoms with van der Waals surface area (Å²) in [7, 11) is 0. The van der Waals surface area contributed by atoms with E-state index in [1.54, 1.807) is 95.2 Å². The van der Waals surface area contributed by atoms with E-state index in [1.807, 2.05) is 36.4 Å². The second kappa shape index (κ2) is 16.4. The van der Waals surface area contributed by atoms with Crippen LogP contribution in [0.15, 0.2) is 65.4 Å². The number of aliphatic imine (C=N–C) groups is 1. The van der Waals surface area contributed by atoms with Gasteiger partial charge in [0.15, 0.2) is 0 Å². The van der Waals surface area contributed by atoms with Gasteiger partial charge in [0.05, 0.1) is 11.8 Å². The van der Waals surface area contributed by atoms with E-state index < -0.39 is 46.7 Å². The highest BCUT2D eigenvalue weighted by Crippen LogP contribution is 2.19. The van der Waals surface area contributed by atoms with E-state index in [4.69, 9.17) is 18.9 Å². The molecule has 0 atom stereocenters. The molecule has 0 radical (unpaired) electrons. The van der Waals surface area contributed by atoms with Crippen LogP contribution in [0.5, 0.6) is 0 Å². The molecule has 0 aliphatic rings. The molecule has 2 aromatic carbocycles. The van der Waals surface area contributed by atoms with Crippen molar-refractivity contribution in [3.8, 4) is 0 Å². The number of anilines is 1. The minimum Gasteiger partial charge on any atom is -0.457 e. The Morgan fingerprint density at radius 2 is 0.959 bits per heavy atom. The summed E-state index contributed by atoms with van der Waals surface area (Å²) in [6.07, 6.45) is -0.562. The van der Waals surface area contributed by atoms with Gasteiger partial charge in [0.2, 0.25) is 5.96 Å². The molecule has 13 heteroatoms. The number of rotatable bonds is 7. The van der Waals surface area contributed by atoms with Gasteiger partial charge in [0.1, 0.15) is 28.2 Å². The molecule has 0 unspecified atom stereocenters. The van der Waals surface area contributed by atoms with Crippen LogP contribution in [0.1, 0.15) is 94.2 Å². The smallest absolute Gasteiger partial charge is 0.414 e. The number of ether oxygens (including phenoxy) is 4. The van der Waals surface area contributed by atoms with Crippen molar-refractivity contribution in [2.24, 2.45) is 4.99 Å². The maximum atomic E-state index is 12.5. The lowest BCUT2D eigenvalue weighted by molar-refractivity contribution is -0.148. The number of nitrogens with zero attached hydrogens (tertiary/aromatic N) is 1. The standard InChI is InChI=1S/C36H51N5O8/c1-33(2,3)46-28(42)22-27(39-30(43)47-34(4,5)6)37-25-17-13-23(14-18-25)21-24-15-19-26(20-16-24)38-29(40-31(44)48-35(7,8)9)41-32(45)49-36(10,11)12/h13-20,22,37H,21H2,1-12H3,(H,39,43)(H2,38,40,41,44,45). The second-order valence-electron chi connectivity index (χ2n) is 15.1. The molecule has 0 heterocycles. The summed E-state index contributed by atoms with van der Waals surface area (Å²) < 4.78 is 21.3. The number of amides is 3. The van der Waals surface area contributed by atoms with Gasteiger partial charge in [-0.05, 0) is 125 Å². The first-order chi connectivity index (χ1) is 22.3. The Hall–Kier alpha value is -5.07. The minimum atomic E-state index is -0.787. The van der Waals surface area contributed by atoms with Crippen molar-refractivity contribution in [1.82, 2.24) is 16.0 Å². The molecule has 0 spiro atoms. The quantitative estimate of drug-likeness (QED) is 0.0764. The molecule has 4 N–H and O–H groups in total. The molecule has 0 bridgehead atoms. The van der Waals surface area contributed by atoms with Gasteiger partial charge < -0.3 is 24.3 Å². The van der Waals surface area contributed by atoms with Gasteiger partial charge in [-0.1, -0.05) is 24.3 Å². The average Bonchev–Trinajstić information content (AvgIpc) is 2.86. The predicted octanol–water partition coefficient (Wildman–Crippen LogP) is 7.43. The molecule has 2 aromatic rings. The van der Waals surface area contributed by atoms with Crippen molar-refractivity contribution in [2.45, 2.75) is 112 Å². The maximum absolute atomic E-state index is 12.5. The number of hydrogen-bond acceptors (Lipinski definition) is 10. The number of benzene rings is 2. The fraction of sp³-hybridized carbons (Fsp3) is 0.472. The highest BCUT2D eigenvalue weighted by molar-refractivity contribution is 6.02. The van der Waals surface area contributed by atoms with Gasteiger partial charge >= 0.3 is 24.2 Å². The van der Waals surface area contributed by atoms with Gasteiger partial charge in [-0.2, -0.15) is 0 Å². The summed E-state index contributed by atoms with van der Waals surface area (Å²) in [5.41, 5.74) is 0.0718. The van der Waals surface area contributed by atoms with Crippen molar-refractivity contribution in [2.75, 3.05) is 5.32 Å². The lowest BCUT2D eigenvalue weighted by atomic mass is 10.0. The number of carbonyl (C=O) groups is 4. The van der Waals surface area contributed by atoms with Gasteiger partial charge in [-0.15, -0.1) is 0 Å². The van der Waals surface area contributed by atoms with Gasteiger partial charge in [0.25, 0.3) is 0 Å². The number of alkyl carbamates (subject to hydrolysis) is 3. The molecule has 268 valence electrons. The van der Waals surface area contributed by atoms with Crippen LogP contribution in [-0.2, 0) is 30.2 Å².